The topological polar surface area (TPSA) is 137 Å². The van der Waals surface area contributed by atoms with Gasteiger partial charge in [0, 0.05) is 16.1 Å². The first-order valence-electron chi connectivity index (χ1n) is 8.63. The number of hydrazone groups is 1. The van der Waals surface area contributed by atoms with Crippen LogP contribution in [0.2, 0.25) is 0 Å². The summed E-state index contributed by atoms with van der Waals surface area (Å²) in [6.07, 6.45) is 1.42. The molecule has 0 saturated carbocycles. The van der Waals surface area contributed by atoms with Gasteiger partial charge in [-0.1, -0.05) is 22.0 Å². The van der Waals surface area contributed by atoms with Gasteiger partial charge in [0.1, 0.15) is 5.75 Å². The number of benzene rings is 3. The average molecular weight is 485 g/mol. The number of nitro benzene ring substituents is 2. The van der Waals surface area contributed by atoms with Crippen molar-refractivity contribution >= 4 is 39.4 Å². The molecule has 0 aliphatic heterocycles. The lowest BCUT2D eigenvalue weighted by Gasteiger charge is -2.06. The van der Waals surface area contributed by atoms with Crippen molar-refractivity contribution in [3.8, 4) is 11.5 Å². The highest BCUT2D eigenvalue weighted by Crippen LogP contribution is 2.34. The Morgan fingerprint density at radius 3 is 2.39 bits per heavy atom. The fourth-order valence-corrected chi connectivity index (χ4v) is 2.86. The van der Waals surface area contributed by atoms with Crippen molar-refractivity contribution in [1.82, 2.24) is 5.43 Å². The molecule has 0 unspecified atom stereocenters. The largest absolute Gasteiger partial charge is 0.450 e. The van der Waals surface area contributed by atoms with E-state index in [1.54, 1.807) is 48.5 Å². The van der Waals surface area contributed by atoms with Crippen LogP contribution in [-0.4, -0.2) is 22.0 Å². The molecule has 31 heavy (non-hydrogen) atoms. The van der Waals surface area contributed by atoms with E-state index in [4.69, 9.17) is 4.74 Å². The number of ether oxygens (including phenoxy) is 1. The summed E-state index contributed by atoms with van der Waals surface area (Å²) < 4.78 is 6.26. The predicted octanol–water partition coefficient (Wildman–Crippen LogP) is 4.82. The highest BCUT2D eigenvalue weighted by Gasteiger charge is 2.21. The number of amides is 1. The molecule has 0 aliphatic rings. The molecule has 0 bridgehead atoms. The molecular weight excluding hydrogens is 472 g/mol. The van der Waals surface area contributed by atoms with E-state index in [2.05, 4.69) is 26.5 Å². The van der Waals surface area contributed by atoms with E-state index in [1.165, 1.54) is 12.3 Å². The second kappa shape index (κ2) is 9.59. The van der Waals surface area contributed by atoms with Crippen LogP contribution in [0.25, 0.3) is 0 Å². The van der Waals surface area contributed by atoms with Gasteiger partial charge in [-0.25, -0.2) is 5.43 Å². The maximum atomic E-state index is 12.0. The van der Waals surface area contributed by atoms with Crippen molar-refractivity contribution in [1.29, 1.82) is 0 Å². The zero-order valence-electron chi connectivity index (χ0n) is 15.6. The van der Waals surface area contributed by atoms with E-state index in [1.807, 2.05) is 0 Å². The number of hydrogen-bond donors (Lipinski definition) is 1. The third kappa shape index (κ3) is 5.70. The van der Waals surface area contributed by atoms with Gasteiger partial charge < -0.3 is 4.74 Å². The minimum atomic E-state index is -0.753. The lowest BCUT2D eigenvalue weighted by Crippen LogP contribution is -2.17. The standard InChI is InChI=1S/C20H13BrN4O6/c21-15-3-1-2-14(10-15)20(26)23-22-12-13-4-7-17(8-5-13)31-19-9-6-16(24(27)28)11-18(19)25(29)30/h1-12H,(H,23,26). The normalized spacial score (nSPS) is 10.6. The van der Waals surface area contributed by atoms with E-state index in [0.29, 0.717) is 11.1 Å². The number of hydrogen-bond acceptors (Lipinski definition) is 7. The van der Waals surface area contributed by atoms with Gasteiger partial charge >= 0.3 is 5.69 Å². The summed E-state index contributed by atoms with van der Waals surface area (Å²) in [5.74, 6) is -0.214. The first-order chi connectivity index (χ1) is 14.8. The van der Waals surface area contributed by atoms with Crippen molar-refractivity contribution in [3.05, 3.63) is 103 Å². The Hall–Kier alpha value is -4.12. The highest BCUT2D eigenvalue weighted by molar-refractivity contribution is 9.10. The number of nitrogens with one attached hydrogen (secondary N) is 1. The summed E-state index contributed by atoms with van der Waals surface area (Å²) >= 11 is 3.29. The van der Waals surface area contributed by atoms with Gasteiger partial charge in [0.2, 0.25) is 5.75 Å². The summed E-state index contributed by atoms with van der Waals surface area (Å²) in [4.78, 5) is 32.6. The van der Waals surface area contributed by atoms with E-state index < -0.39 is 21.2 Å². The van der Waals surface area contributed by atoms with Crippen LogP contribution in [0.4, 0.5) is 11.4 Å². The monoisotopic (exact) mass is 484 g/mol. The summed E-state index contributed by atoms with van der Waals surface area (Å²) in [5, 5.41) is 25.9. The van der Waals surface area contributed by atoms with Gasteiger partial charge in [0.05, 0.1) is 22.1 Å². The molecule has 156 valence electrons. The van der Waals surface area contributed by atoms with E-state index >= 15 is 0 Å². The van der Waals surface area contributed by atoms with Gasteiger partial charge in [-0.15, -0.1) is 0 Å². The van der Waals surface area contributed by atoms with Gasteiger partial charge in [0.15, 0.2) is 0 Å². The lowest BCUT2D eigenvalue weighted by atomic mass is 10.2. The zero-order chi connectivity index (χ0) is 22.4. The van der Waals surface area contributed by atoms with Crippen LogP contribution >= 0.6 is 15.9 Å². The first-order valence-corrected chi connectivity index (χ1v) is 9.42. The van der Waals surface area contributed by atoms with Crippen molar-refractivity contribution in [3.63, 3.8) is 0 Å². The zero-order valence-corrected chi connectivity index (χ0v) is 17.2. The Kier molecular flexibility index (Phi) is 6.67. The Bertz CT molecular complexity index is 1180. The molecule has 0 spiro atoms. The molecule has 3 rings (SSSR count). The Balaban J connectivity index is 1.67. The fourth-order valence-electron chi connectivity index (χ4n) is 2.46. The number of carbonyl (C=O) groups is 1. The second-order valence-corrected chi connectivity index (χ2v) is 6.96. The quantitative estimate of drug-likeness (QED) is 0.289. The van der Waals surface area contributed by atoms with Crippen LogP contribution in [0.3, 0.4) is 0 Å². The number of carbonyl (C=O) groups excluding carboxylic acids is 1. The van der Waals surface area contributed by atoms with Crippen LogP contribution in [0.15, 0.2) is 76.3 Å². The molecule has 0 heterocycles. The van der Waals surface area contributed by atoms with Crippen molar-refractivity contribution < 1.29 is 19.4 Å². The summed E-state index contributed by atoms with van der Waals surface area (Å²) in [5.41, 5.74) is 2.57. The molecule has 0 fully saturated rings. The number of nitro groups is 2. The molecule has 0 atom stereocenters. The third-order valence-electron chi connectivity index (χ3n) is 3.92. The van der Waals surface area contributed by atoms with Gasteiger partial charge in [0.25, 0.3) is 11.6 Å². The molecule has 1 amide bonds. The number of halogens is 1. The molecular formula is C20H13BrN4O6. The molecule has 0 saturated heterocycles. The molecule has 3 aromatic rings. The first kappa shape index (κ1) is 21.6. The minimum Gasteiger partial charge on any atom is -0.450 e. The number of rotatable bonds is 7. The molecule has 1 N–H and O–H groups in total. The van der Waals surface area contributed by atoms with Crippen LogP contribution in [0, 0.1) is 20.2 Å². The van der Waals surface area contributed by atoms with Crippen LogP contribution in [-0.2, 0) is 0 Å². The van der Waals surface area contributed by atoms with Crippen molar-refractivity contribution in [2.24, 2.45) is 5.10 Å². The SMILES string of the molecule is O=C(NN=Cc1ccc(Oc2ccc([N+](=O)[O-])cc2[N+](=O)[O-])cc1)c1cccc(Br)c1. The number of non-ortho nitro benzene ring substituents is 1. The third-order valence-corrected chi connectivity index (χ3v) is 4.42. The van der Waals surface area contributed by atoms with Crippen LogP contribution in [0.1, 0.15) is 15.9 Å². The molecule has 10 nitrogen and oxygen atoms in total. The molecule has 0 aliphatic carbocycles. The summed E-state index contributed by atoms with van der Waals surface area (Å²) in [6.45, 7) is 0. The maximum absolute atomic E-state index is 12.0. The molecule has 3 aromatic carbocycles. The van der Waals surface area contributed by atoms with Crippen LogP contribution in [0.5, 0.6) is 11.5 Å². The summed E-state index contributed by atoms with van der Waals surface area (Å²) in [7, 11) is 0. The Morgan fingerprint density at radius 2 is 1.74 bits per heavy atom. The summed E-state index contributed by atoms with van der Waals surface area (Å²) in [6, 6.07) is 16.3. The van der Waals surface area contributed by atoms with E-state index in [-0.39, 0.29) is 17.4 Å². The molecule has 0 radical (unpaired) electrons. The minimum absolute atomic E-state index is 0.127. The predicted molar refractivity (Wildman–Crippen MR) is 115 cm³/mol. The Morgan fingerprint density at radius 1 is 1.00 bits per heavy atom. The number of nitrogens with zero attached hydrogens (tertiary/aromatic N) is 3. The van der Waals surface area contributed by atoms with Gasteiger partial charge in [-0.2, -0.15) is 5.10 Å². The van der Waals surface area contributed by atoms with Gasteiger partial charge in [-0.05, 0) is 54.1 Å². The molecule has 11 heteroatoms. The lowest BCUT2D eigenvalue weighted by molar-refractivity contribution is -0.394. The van der Waals surface area contributed by atoms with E-state index in [0.717, 1.165) is 16.6 Å². The molecule has 0 aromatic heterocycles. The smallest absolute Gasteiger partial charge is 0.318 e. The van der Waals surface area contributed by atoms with Crippen molar-refractivity contribution in [2.75, 3.05) is 0 Å². The maximum Gasteiger partial charge on any atom is 0.318 e. The van der Waals surface area contributed by atoms with Crippen LogP contribution < -0.4 is 10.2 Å². The second-order valence-electron chi connectivity index (χ2n) is 6.05. The fraction of sp³-hybridized carbons (Fsp3) is 0. The Labute approximate surface area is 183 Å². The highest BCUT2D eigenvalue weighted by atomic mass is 79.9. The average Bonchev–Trinajstić information content (AvgIpc) is 2.75. The van der Waals surface area contributed by atoms with E-state index in [9.17, 15) is 25.0 Å². The van der Waals surface area contributed by atoms with Crippen molar-refractivity contribution in [2.45, 2.75) is 0 Å². The van der Waals surface area contributed by atoms with Gasteiger partial charge in [-0.3, -0.25) is 25.0 Å².